The molecule has 5 rings (SSSR count). The quantitative estimate of drug-likeness (QED) is 0.615. The third kappa shape index (κ3) is 3.60. The van der Waals surface area contributed by atoms with E-state index in [-0.39, 0.29) is 9.79 Å². The molecule has 2 aromatic carbocycles. The van der Waals surface area contributed by atoms with E-state index in [1.807, 2.05) is 44.2 Å². The van der Waals surface area contributed by atoms with Gasteiger partial charge in [-0.2, -0.15) is 0 Å². The Morgan fingerprint density at radius 1 is 0.935 bits per heavy atom. The van der Waals surface area contributed by atoms with Crippen molar-refractivity contribution in [1.29, 1.82) is 0 Å². The minimum absolute atomic E-state index is 0.249. The third-order valence-corrected chi connectivity index (χ3v) is 8.01. The average Bonchev–Trinajstić information content (AvgIpc) is 3.22. The molecule has 0 saturated carbocycles. The van der Waals surface area contributed by atoms with E-state index in [4.69, 9.17) is 9.47 Å². The lowest BCUT2D eigenvalue weighted by molar-refractivity contribution is -0.169. The summed E-state index contributed by atoms with van der Waals surface area (Å²) in [6.45, 7) is 6.50. The maximum Gasteiger partial charge on any atom is 0.210 e. The molecule has 2 aliphatic heterocycles. The van der Waals surface area contributed by atoms with Crippen LogP contribution in [0.15, 0.2) is 58.5 Å². The molecule has 2 saturated heterocycles. The number of fused-ring (bicyclic) bond motifs is 1. The Balaban J connectivity index is 1.64. The van der Waals surface area contributed by atoms with Crippen molar-refractivity contribution in [1.82, 2.24) is 4.98 Å². The Morgan fingerprint density at radius 2 is 1.58 bits per heavy atom. The van der Waals surface area contributed by atoms with Crippen LogP contribution < -0.4 is 4.90 Å². The summed E-state index contributed by atoms with van der Waals surface area (Å²) in [5, 5.41) is 0.859. The van der Waals surface area contributed by atoms with Crippen LogP contribution in [-0.4, -0.2) is 45.5 Å². The molecule has 0 N–H and O–H groups in total. The van der Waals surface area contributed by atoms with Gasteiger partial charge < -0.3 is 14.4 Å². The minimum atomic E-state index is -3.73. The number of benzene rings is 2. The van der Waals surface area contributed by atoms with Crippen molar-refractivity contribution in [3.8, 4) is 0 Å². The molecule has 0 bridgehead atoms. The van der Waals surface area contributed by atoms with Crippen LogP contribution in [0.4, 0.5) is 5.69 Å². The van der Waals surface area contributed by atoms with Gasteiger partial charge in [0.15, 0.2) is 5.79 Å². The number of anilines is 1. The summed E-state index contributed by atoms with van der Waals surface area (Å²) in [6, 6.07) is 13.0. The van der Waals surface area contributed by atoms with Gasteiger partial charge in [0.05, 0.1) is 29.3 Å². The van der Waals surface area contributed by atoms with Gasteiger partial charge in [-0.15, -0.1) is 0 Å². The van der Waals surface area contributed by atoms with E-state index in [0.29, 0.717) is 39.1 Å². The van der Waals surface area contributed by atoms with E-state index in [9.17, 15) is 8.42 Å². The standard InChI is InChI=1S/C24H26N2O4S/c1-17-3-6-19(7-4-17)31(27,28)22-16-25-21-8-5-18(2)15-20(21)23(22)26-11-9-24(10-12-26)29-13-14-30-24/h3-8,15-16H,9-14H2,1-2H3. The average molecular weight is 439 g/mol. The maximum atomic E-state index is 13.7. The summed E-state index contributed by atoms with van der Waals surface area (Å²) in [4.78, 5) is 7.19. The van der Waals surface area contributed by atoms with Crippen molar-refractivity contribution in [2.24, 2.45) is 0 Å². The number of aromatic nitrogens is 1. The first kappa shape index (κ1) is 20.4. The zero-order valence-electron chi connectivity index (χ0n) is 17.8. The predicted molar refractivity (Wildman–Crippen MR) is 119 cm³/mol. The summed E-state index contributed by atoms with van der Waals surface area (Å²) in [5.41, 5.74) is 3.60. The van der Waals surface area contributed by atoms with Gasteiger partial charge in [-0.1, -0.05) is 29.3 Å². The maximum absolute atomic E-state index is 13.7. The first-order chi connectivity index (χ1) is 14.9. The number of sulfone groups is 1. The fourth-order valence-corrected chi connectivity index (χ4v) is 5.93. The third-order valence-electron chi connectivity index (χ3n) is 6.24. The van der Waals surface area contributed by atoms with E-state index >= 15 is 0 Å². The molecule has 0 amide bonds. The highest BCUT2D eigenvalue weighted by Gasteiger charge is 2.41. The molecular formula is C24H26N2O4S. The Labute approximate surface area is 182 Å². The summed E-state index contributed by atoms with van der Waals surface area (Å²) >= 11 is 0. The molecule has 3 heterocycles. The number of rotatable bonds is 3. The molecule has 1 spiro atoms. The van der Waals surface area contributed by atoms with Crippen molar-refractivity contribution in [2.45, 2.75) is 42.3 Å². The fourth-order valence-electron chi connectivity index (χ4n) is 4.50. The van der Waals surface area contributed by atoms with Crippen LogP contribution in [0.1, 0.15) is 24.0 Å². The predicted octanol–water partition coefficient (Wildman–Crippen LogP) is 4.03. The van der Waals surface area contributed by atoms with Crippen LogP contribution in [0.2, 0.25) is 0 Å². The van der Waals surface area contributed by atoms with Crippen LogP contribution in [0, 0.1) is 13.8 Å². The molecule has 0 aliphatic carbocycles. The molecular weight excluding hydrogens is 412 g/mol. The van der Waals surface area contributed by atoms with Crippen molar-refractivity contribution in [3.63, 3.8) is 0 Å². The van der Waals surface area contributed by atoms with Crippen molar-refractivity contribution in [3.05, 3.63) is 59.8 Å². The Kier molecular flexibility index (Phi) is 5.00. The Bertz CT molecular complexity index is 1220. The molecule has 0 radical (unpaired) electrons. The highest BCUT2D eigenvalue weighted by atomic mass is 32.2. The molecule has 2 aliphatic rings. The molecule has 0 unspecified atom stereocenters. The van der Waals surface area contributed by atoms with Gasteiger partial charge in [0.2, 0.25) is 9.84 Å². The van der Waals surface area contributed by atoms with Gasteiger partial charge >= 0.3 is 0 Å². The van der Waals surface area contributed by atoms with Gasteiger partial charge in [0, 0.05) is 37.5 Å². The van der Waals surface area contributed by atoms with Crippen LogP contribution in [0.25, 0.3) is 10.9 Å². The molecule has 2 fully saturated rings. The fraction of sp³-hybridized carbons (Fsp3) is 0.375. The number of hydrogen-bond donors (Lipinski definition) is 0. The lowest BCUT2D eigenvalue weighted by Gasteiger charge is -2.39. The molecule has 0 atom stereocenters. The zero-order chi connectivity index (χ0) is 21.6. The van der Waals surface area contributed by atoms with E-state index in [0.717, 1.165) is 27.7 Å². The summed E-state index contributed by atoms with van der Waals surface area (Å²) in [5.74, 6) is -0.523. The van der Waals surface area contributed by atoms with Crippen molar-refractivity contribution >= 4 is 26.4 Å². The highest BCUT2D eigenvalue weighted by molar-refractivity contribution is 7.91. The Hall–Kier alpha value is -2.48. The number of hydrogen-bond acceptors (Lipinski definition) is 6. The number of pyridine rings is 1. The van der Waals surface area contributed by atoms with Gasteiger partial charge in [-0.05, 0) is 38.1 Å². The van der Waals surface area contributed by atoms with E-state index in [2.05, 4.69) is 9.88 Å². The minimum Gasteiger partial charge on any atom is -0.369 e. The van der Waals surface area contributed by atoms with Crippen LogP contribution >= 0.6 is 0 Å². The molecule has 7 heteroatoms. The van der Waals surface area contributed by atoms with Gasteiger partial charge in [0.1, 0.15) is 4.90 Å². The normalized spacial score (nSPS) is 18.7. The second-order valence-corrected chi connectivity index (χ2v) is 10.3. The second kappa shape index (κ2) is 7.58. The monoisotopic (exact) mass is 438 g/mol. The van der Waals surface area contributed by atoms with Gasteiger partial charge in [-0.3, -0.25) is 4.98 Å². The number of ether oxygens (including phenoxy) is 2. The molecule has 1 aromatic heterocycles. The van der Waals surface area contributed by atoms with Crippen LogP contribution in [0.5, 0.6) is 0 Å². The van der Waals surface area contributed by atoms with Crippen molar-refractivity contribution in [2.75, 3.05) is 31.2 Å². The smallest absolute Gasteiger partial charge is 0.210 e. The summed E-state index contributed by atoms with van der Waals surface area (Å²) < 4.78 is 39.1. The lowest BCUT2D eigenvalue weighted by atomic mass is 10.0. The largest absolute Gasteiger partial charge is 0.369 e. The van der Waals surface area contributed by atoms with Gasteiger partial charge in [-0.25, -0.2) is 8.42 Å². The molecule has 3 aromatic rings. The van der Waals surface area contributed by atoms with E-state index in [1.54, 1.807) is 12.1 Å². The molecule has 31 heavy (non-hydrogen) atoms. The van der Waals surface area contributed by atoms with Crippen LogP contribution in [0.3, 0.4) is 0 Å². The second-order valence-electron chi connectivity index (χ2n) is 8.40. The number of aryl methyl sites for hydroxylation is 2. The van der Waals surface area contributed by atoms with Crippen LogP contribution in [-0.2, 0) is 19.3 Å². The number of nitrogens with zero attached hydrogens (tertiary/aromatic N) is 2. The van der Waals surface area contributed by atoms with Crippen molar-refractivity contribution < 1.29 is 17.9 Å². The highest BCUT2D eigenvalue weighted by Crippen LogP contribution is 2.40. The summed E-state index contributed by atoms with van der Waals surface area (Å²) in [6.07, 6.45) is 2.91. The molecule has 6 nitrogen and oxygen atoms in total. The molecule has 162 valence electrons. The first-order valence-corrected chi connectivity index (χ1v) is 12.1. The van der Waals surface area contributed by atoms with E-state index in [1.165, 1.54) is 6.20 Å². The number of piperidine rings is 1. The Morgan fingerprint density at radius 3 is 2.26 bits per heavy atom. The summed E-state index contributed by atoms with van der Waals surface area (Å²) in [7, 11) is -3.73. The van der Waals surface area contributed by atoms with Gasteiger partial charge in [0.25, 0.3) is 0 Å². The topological polar surface area (TPSA) is 68.7 Å². The zero-order valence-corrected chi connectivity index (χ0v) is 18.6. The first-order valence-electron chi connectivity index (χ1n) is 10.6. The SMILES string of the molecule is Cc1ccc(S(=O)(=O)c2cnc3ccc(C)cc3c2N2CCC3(CC2)OCCO3)cc1. The van der Waals surface area contributed by atoms with E-state index < -0.39 is 15.6 Å². The lowest BCUT2D eigenvalue weighted by Crippen LogP contribution is -2.45.